The smallest absolute Gasteiger partial charge is 0.433 e. The molecular formula is C28H30F3N3O4. The van der Waals surface area contributed by atoms with Crippen LogP contribution in [0.3, 0.4) is 0 Å². The Kier molecular flexibility index (Phi) is 7.09. The number of piperidine rings is 1. The van der Waals surface area contributed by atoms with Crippen LogP contribution < -0.4 is 9.47 Å². The van der Waals surface area contributed by atoms with Crippen LogP contribution in [-0.2, 0) is 11.0 Å². The van der Waals surface area contributed by atoms with Crippen molar-refractivity contribution < 1.29 is 32.5 Å². The van der Waals surface area contributed by atoms with Crippen LogP contribution in [0.5, 0.6) is 11.5 Å². The highest BCUT2D eigenvalue weighted by Gasteiger charge is 2.35. The minimum atomic E-state index is -4.53. The van der Waals surface area contributed by atoms with Gasteiger partial charge in [-0.3, -0.25) is 14.8 Å². The summed E-state index contributed by atoms with van der Waals surface area (Å²) in [6.45, 7) is 6.57. The van der Waals surface area contributed by atoms with E-state index in [2.05, 4.69) is 21.2 Å². The molecule has 0 amide bonds. The van der Waals surface area contributed by atoms with Gasteiger partial charge < -0.3 is 14.6 Å². The van der Waals surface area contributed by atoms with Crippen LogP contribution in [0.25, 0.3) is 17.0 Å². The number of likely N-dealkylation sites (tertiary alicyclic amines) is 1. The molecule has 0 radical (unpaired) electrons. The van der Waals surface area contributed by atoms with E-state index in [0.29, 0.717) is 36.5 Å². The van der Waals surface area contributed by atoms with Crippen molar-refractivity contribution in [3.05, 3.63) is 58.8 Å². The molecule has 2 aromatic carbocycles. The molecule has 2 aliphatic rings. The second-order valence-electron chi connectivity index (χ2n) is 10.3. The molecule has 2 N–H and O–H groups in total. The molecule has 7 nitrogen and oxygen atoms in total. The van der Waals surface area contributed by atoms with Gasteiger partial charge in [0.15, 0.2) is 0 Å². The number of aliphatic carboxylic acids is 1. The summed E-state index contributed by atoms with van der Waals surface area (Å²) in [5, 5.41) is 15.1. The quantitative estimate of drug-likeness (QED) is 0.395. The van der Waals surface area contributed by atoms with E-state index in [0.717, 1.165) is 30.8 Å². The maximum atomic E-state index is 13.4. The first-order valence-corrected chi connectivity index (χ1v) is 12.7. The summed E-state index contributed by atoms with van der Waals surface area (Å²) in [5.74, 6) is 0.262. The van der Waals surface area contributed by atoms with Crippen molar-refractivity contribution in [2.24, 2.45) is 11.8 Å². The zero-order chi connectivity index (χ0) is 27.0. The van der Waals surface area contributed by atoms with Crippen LogP contribution >= 0.6 is 0 Å². The lowest BCUT2D eigenvalue weighted by atomic mass is 9.96. The second kappa shape index (κ2) is 10.3. The first-order valence-electron chi connectivity index (χ1n) is 12.7. The SMILES string of the molecule is CC(C)C(Oc1ccc2c(c1)OCC(CN1CCC(C(=O)O)CC1)=C2)c1ccc2n[nH]c(C(F)(F)F)c2c1. The van der Waals surface area contributed by atoms with Crippen LogP contribution in [0.4, 0.5) is 13.2 Å². The fraction of sp³-hybridized carbons (Fsp3) is 0.429. The Hall–Kier alpha value is -3.53. The lowest BCUT2D eigenvalue weighted by Crippen LogP contribution is -2.38. The highest BCUT2D eigenvalue weighted by molar-refractivity contribution is 5.82. The number of hydrogen-bond acceptors (Lipinski definition) is 5. The molecule has 1 fully saturated rings. The number of rotatable bonds is 7. The molecule has 3 heterocycles. The number of carbonyl (C=O) groups is 1. The normalized spacial score (nSPS) is 17.7. The van der Waals surface area contributed by atoms with Crippen LogP contribution in [0.15, 0.2) is 42.0 Å². The number of hydrogen-bond donors (Lipinski definition) is 2. The van der Waals surface area contributed by atoms with E-state index in [-0.39, 0.29) is 22.7 Å². The van der Waals surface area contributed by atoms with Crippen LogP contribution in [-0.4, -0.2) is 52.4 Å². The monoisotopic (exact) mass is 529 g/mol. The minimum absolute atomic E-state index is 0.0117. The number of carboxylic acid groups (broad SMARTS) is 1. The van der Waals surface area contributed by atoms with E-state index < -0.39 is 23.9 Å². The summed E-state index contributed by atoms with van der Waals surface area (Å²) in [6, 6.07) is 10.4. The number of nitrogens with zero attached hydrogens (tertiary/aromatic N) is 2. The predicted molar refractivity (Wildman–Crippen MR) is 136 cm³/mol. The van der Waals surface area contributed by atoms with Gasteiger partial charge in [-0.25, -0.2) is 0 Å². The molecule has 1 unspecified atom stereocenters. The third kappa shape index (κ3) is 5.50. The molecule has 0 spiro atoms. The van der Waals surface area contributed by atoms with Gasteiger partial charge in [-0.05, 0) is 73.3 Å². The number of carboxylic acids is 1. The van der Waals surface area contributed by atoms with E-state index in [1.165, 1.54) is 6.07 Å². The van der Waals surface area contributed by atoms with Gasteiger partial charge >= 0.3 is 12.1 Å². The van der Waals surface area contributed by atoms with Gasteiger partial charge in [0.25, 0.3) is 0 Å². The Morgan fingerprint density at radius 2 is 1.97 bits per heavy atom. The molecule has 1 aromatic heterocycles. The van der Waals surface area contributed by atoms with E-state index in [1.54, 1.807) is 12.1 Å². The van der Waals surface area contributed by atoms with Crippen LogP contribution in [0.1, 0.15) is 49.6 Å². The van der Waals surface area contributed by atoms with Crippen molar-refractivity contribution in [3.8, 4) is 11.5 Å². The molecular weight excluding hydrogens is 499 g/mol. The van der Waals surface area contributed by atoms with Crippen molar-refractivity contribution in [2.45, 2.75) is 39.0 Å². The molecule has 38 heavy (non-hydrogen) atoms. The number of H-pyrrole nitrogens is 1. The van der Waals surface area contributed by atoms with Gasteiger partial charge in [0.1, 0.15) is 29.9 Å². The molecule has 1 atom stereocenters. The number of fused-ring (bicyclic) bond motifs is 2. The molecule has 202 valence electrons. The van der Waals surface area contributed by atoms with Gasteiger partial charge in [0, 0.05) is 23.6 Å². The Bertz CT molecular complexity index is 1360. The third-order valence-electron chi connectivity index (χ3n) is 7.18. The maximum absolute atomic E-state index is 13.4. The standard InChI is InChI=1S/C28H30F3N3O4/c1-16(2)25(20-4-6-23-22(12-20)26(33-32-23)28(29,30)31)38-21-5-3-19-11-17(15-37-24(19)13-21)14-34-9-7-18(8-10-34)27(35)36/h3-6,11-13,16,18,25H,7-10,14-15H2,1-2H3,(H,32,33)(H,35,36). The van der Waals surface area contributed by atoms with Crippen molar-refractivity contribution in [1.82, 2.24) is 15.1 Å². The number of aromatic amines is 1. The van der Waals surface area contributed by atoms with Gasteiger partial charge in [0.2, 0.25) is 0 Å². The summed E-state index contributed by atoms with van der Waals surface area (Å²) in [4.78, 5) is 13.4. The lowest BCUT2D eigenvalue weighted by molar-refractivity contribution is -0.143. The Balaban J connectivity index is 1.30. The van der Waals surface area contributed by atoms with Gasteiger partial charge in [-0.1, -0.05) is 19.9 Å². The van der Waals surface area contributed by atoms with Crippen molar-refractivity contribution >= 4 is 22.9 Å². The fourth-order valence-corrected chi connectivity index (χ4v) is 5.14. The molecule has 0 bridgehead atoms. The third-order valence-corrected chi connectivity index (χ3v) is 7.18. The first kappa shape index (κ1) is 26.1. The van der Waals surface area contributed by atoms with E-state index >= 15 is 0 Å². The van der Waals surface area contributed by atoms with Crippen LogP contribution in [0.2, 0.25) is 0 Å². The van der Waals surface area contributed by atoms with Crippen molar-refractivity contribution in [3.63, 3.8) is 0 Å². The lowest BCUT2D eigenvalue weighted by Gasteiger charge is -2.31. The summed E-state index contributed by atoms with van der Waals surface area (Å²) in [5.41, 5.74) is 2.06. The largest absolute Gasteiger partial charge is 0.488 e. The summed E-state index contributed by atoms with van der Waals surface area (Å²) >= 11 is 0. The number of halogens is 3. The average molecular weight is 530 g/mol. The number of aromatic nitrogens is 2. The summed E-state index contributed by atoms with van der Waals surface area (Å²) in [6.07, 6.45) is -1.60. The molecule has 0 saturated carbocycles. The van der Waals surface area contributed by atoms with Crippen molar-refractivity contribution in [2.75, 3.05) is 26.2 Å². The molecule has 0 aliphatic carbocycles. The summed E-state index contributed by atoms with van der Waals surface area (Å²) < 4.78 is 52.5. The molecule has 3 aromatic rings. The molecule has 5 rings (SSSR count). The number of ether oxygens (including phenoxy) is 2. The first-order chi connectivity index (χ1) is 18.1. The number of alkyl halides is 3. The highest BCUT2D eigenvalue weighted by Crippen LogP contribution is 2.38. The predicted octanol–water partition coefficient (Wildman–Crippen LogP) is 5.93. The minimum Gasteiger partial charge on any atom is -0.488 e. The van der Waals surface area contributed by atoms with Gasteiger partial charge in [0.05, 0.1) is 11.4 Å². The van der Waals surface area contributed by atoms with Gasteiger partial charge in [-0.15, -0.1) is 0 Å². The molecule has 2 aliphatic heterocycles. The Labute approximate surface area is 218 Å². The highest BCUT2D eigenvalue weighted by atomic mass is 19.4. The van der Waals surface area contributed by atoms with E-state index in [4.69, 9.17) is 9.47 Å². The van der Waals surface area contributed by atoms with Crippen LogP contribution in [0, 0.1) is 11.8 Å². The molecule has 10 heteroatoms. The average Bonchev–Trinajstić information content (AvgIpc) is 3.31. The van der Waals surface area contributed by atoms with E-state index in [1.807, 2.05) is 32.0 Å². The van der Waals surface area contributed by atoms with E-state index in [9.17, 15) is 23.1 Å². The second-order valence-corrected chi connectivity index (χ2v) is 10.3. The Morgan fingerprint density at radius 1 is 1.21 bits per heavy atom. The van der Waals surface area contributed by atoms with Gasteiger partial charge in [-0.2, -0.15) is 18.3 Å². The zero-order valence-corrected chi connectivity index (χ0v) is 21.2. The number of nitrogens with one attached hydrogen (secondary N) is 1. The summed E-state index contributed by atoms with van der Waals surface area (Å²) in [7, 11) is 0. The maximum Gasteiger partial charge on any atom is 0.433 e. The fourth-order valence-electron chi connectivity index (χ4n) is 5.14. The van der Waals surface area contributed by atoms with Crippen molar-refractivity contribution in [1.29, 1.82) is 0 Å². The zero-order valence-electron chi connectivity index (χ0n) is 21.2. The Morgan fingerprint density at radius 3 is 2.66 bits per heavy atom. The molecule has 1 saturated heterocycles. The topological polar surface area (TPSA) is 87.7 Å². The number of benzene rings is 2.